The van der Waals surface area contributed by atoms with Crippen molar-refractivity contribution in [1.29, 1.82) is 0 Å². The van der Waals surface area contributed by atoms with E-state index in [0.29, 0.717) is 53.6 Å². The van der Waals surface area contributed by atoms with Gasteiger partial charge in [-0.3, -0.25) is 0 Å². The van der Waals surface area contributed by atoms with Gasteiger partial charge in [0, 0.05) is 48.7 Å². The van der Waals surface area contributed by atoms with Gasteiger partial charge in [0.1, 0.15) is 34.9 Å². The molecule has 0 aliphatic carbocycles. The topological polar surface area (TPSA) is 107 Å². The Balaban J connectivity index is 1.49. The van der Waals surface area contributed by atoms with E-state index in [1.54, 1.807) is 39.5 Å². The second-order valence-corrected chi connectivity index (χ2v) is 10.8. The SMILES string of the molecule is CCc1ccc(Cc2cc(OC)cc3c2OC[C@H]([C@@H]2[C@@H](CCCOC)Oc4ccc(OC)cc4[C@@H]2O)[C@@H]3O)cc1O. The molecule has 2 heterocycles. The van der Waals surface area contributed by atoms with Gasteiger partial charge < -0.3 is 39.0 Å². The number of benzene rings is 3. The van der Waals surface area contributed by atoms with Crippen molar-refractivity contribution in [1.82, 2.24) is 0 Å². The summed E-state index contributed by atoms with van der Waals surface area (Å²) >= 11 is 0. The molecular weight excluding hydrogens is 524 g/mol. The molecule has 0 radical (unpaired) electrons. The Hall–Kier alpha value is -3.46. The molecule has 0 saturated heterocycles. The summed E-state index contributed by atoms with van der Waals surface area (Å²) in [6, 6.07) is 14.9. The molecule has 3 N–H and O–H groups in total. The lowest BCUT2D eigenvalue weighted by atomic mass is 9.72. The number of ether oxygens (including phenoxy) is 5. The number of methoxy groups -OCH3 is 3. The Kier molecular flexibility index (Phi) is 8.92. The molecule has 41 heavy (non-hydrogen) atoms. The van der Waals surface area contributed by atoms with Gasteiger partial charge in [0.15, 0.2) is 0 Å². The van der Waals surface area contributed by atoms with E-state index in [2.05, 4.69) is 0 Å². The highest BCUT2D eigenvalue weighted by molar-refractivity contribution is 5.52. The first-order chi connectivity index (χ1) is 19.9. The van der Waals surface area contributed by atoms with Crippen molar-refractivity contribution in [3.63, 3.8) is 0 Å². The van der Waals surface area contributed by atoms with Crippen molar-refractivity contribution in [2.75, 3.05) is 34.5 Å². The van der Waals surface area contributed by atoms with Crippen molar-refractivity contribution in [2.24, 2.45) is 11.8 Å². The molecule has 3 aromatic carbocycles. The number of hydrogen-bond donors (Lipinski definition) is 3. The first-order valence-electron chi connectivity index (χ1n) is 14.2. The molecule has 0 aromatic heterocycles. The molecule has 0 spiro atoms. The molecule has 0 unspecified atom stereocenters. The minimum absolute atomic E-state index is 0.207. The van der Waals surface area contributed by atoms with Crippen LogP contribution in [-0.2, 0) is 17.6 Å². The summed E-state index contributed by atoms with van der Waals surface area (Å²) in [5.41, 5.74) is 3.92. The van der Waals surface area contributed by atoms with Gasteiger partial charge >= 0.3 is 0 Å². The van der Waals surface area contributed by atoms with Crippen LogP contribution in [0.2, 0.25) is 0 Å². The number of aliphatic hydroxyl groups excluding tert-OH is 2. The van der Waals surface area contributed by atoms with E-state index >= 15 is 0 Å². The quantitative estimate of drug-likeness (QED) is 0.291. The second-order valence-electron chi connectivity index (χ2n) is 10.8. The van der Waals surface area contributed by atoms with Gasteiger partial charge in [-0.1, -0.05) is 19.1 Å². The van der Waals surface area contributed by atoms with E-state index in [1.807, 2.05) is 37.3 Å². The van der Waals surface area contributed by atoms with Crippen LogP contribution in [0.3, 0.4) is 0 Å². The van der Waals surface area contributed by atoms with Gasteiger partial charge in [0.05, 0.1) is 33.0 Å². The Morgan fingerprint density at radius 3 is 2.37 bits per heavy atom. The smallest absolute Gasteiger partial charge is 0.128 e. The molecular formula is C33H40O8. The van der Waals surface area contributed by atoms with Crippen molar-refractivity contribution >= 4 is 0 Å². The lowest BCUT2D eigenvalue weighted by Gasteiger charge is -2.44. The number of aromatic hydroxyl groups is 1. The van der Waals surface area contributed by atoms with Crippen molar-refractivity contribution < 1.29 is 39.0 Å². The maximum absolute atomic E-state index is 11.9. The van der Waals surface area contributed by atoms with E-state index < -0.39 is 24.0 Å². The third-order valence-electron chi connectivity index (χ3n) is 8.41. The molecule has 8 nitrogen and oxygen atoms in total. The third kappa shape index (κ3) is 5.82. The fourth-order valence-electron chi connectivity index (χ4n) is 6.22. The molecule has 8 heteroatoms. The van der Waals surface area contributed by atoms with Crippen LogP contribution in [0.25, 0.3) is 0 Å². The maximum atomic E-state index is 11.9. The minimum Gasteiger partial charge on any atom is -0.508 e. The molecule has 0 bridgehead atoms. The zero-order chi connectivity index (χ0) is 29.1. The van der Waals surface area contributed by atoms with Crippen LogP contribution in [0.1, 0.15) is 59.8 Å². The predicted octanol–water partition coefficient (Wildman–Crippen LogP) is 5.14. The first-order valence-corrected chi connectivity index (χ1v) is 14.2. The Morgan fingerprint density at radius 1 is 0.878 bits per heavy atom. The summed E-state index contributed by atoms with van der Waals surface area (Å²) in [6.07, 6.45) is 0.472. The number of aryl methyl sites for hydroxylation is 1. The summed E-state index contributed by atoms with van der Waals surface area (Å²) in [5.74, 6) is 1.83. The predicted molar refractivity (Wildman–Crippen MR) is 154 cm³/mol. The molecule has 5 atom stereocenters. The third-order valence-corrected chi connectivity index (χ3v) is 8.41. The van der Waals surface area contributed by atoms with Crippen LogP contribution >= 0.6 is 0 Å². The maximum Gasteiger partial charge on any atom is 0.128 e. The molecule has 220 valence electrons. The highest BCUT2D eigenvalue weighted by Crippen LogP contribution is 2.51. The highest BCUT2D eigenvalue weighted by Gasteiger charge is 2.47. The molecule has 0 amide bonds. The van der Waals surface area contributed by atoms with Crippen LogP contribution < -0.4 is 18.9 Å². The number of phenolic OH excluding ortho intramolecular Hbond substituents is 1. The zero-order valence-corrected chi connectivity index (χ0v) is 24.1. The molecule has 5 rings (SSSR count). The van der Waals surface area contributed by atoms with Crippen LogP contribution in [0.15, 0.2) is 48.5 Å². The van der Waals surface area contributed by atoms with Gasteiger partial charge in [0.2, 0.25) is 0 Å². The lowest BCUT2D eigenvalue weighted by molar-refractivity contribution is -0.0889. The summed E-state index contributed by atoms with van der Waals surface area (Å²) < 4.78 is 29.1. The number of fused-ring (bicyclic) bond motifs is 2. The number of phenols is 1. The summed E-state index contributed by atoms with van der Waals surface area (Å²) in [4.78, 5) is 0. The van der Waals surface area contributed by atoms with Gasteiger partial charge in [-0.15, -0.1) is 0 Å². The van der Waals surface area contributed by atoms with E-state index in [1.165, 1.54) is 0 Å². The normalized spacial score (nSPS) is 23.1. The van der Waals surface area contributed by atoms with Gasteiger partial charge in [-0.2, -0.15) is 0 Å². The summed E-state index contributed by atoms with van der Waals surface area (Å²) in [6.45, 7) is 2.78. The molecule has 3 aromatic rings. The summed E-state index contributed by atoms with van der Waals surface area (Å²) in [5, 5.41) is 34.0. The lowest BCUT2D eigenvalue weighted by Crippen LogP contribution is -2.46. The van der Waals surface area contributed by atoms with Crippen molar-refractivity contribution in [3.05, 3.63) is 76.3 Å². The molecule has 0 saturated carbocycles. The highest BCUT2D eigenvalue weighted by atomic mass is 16.5. The average Bonchev–Trinajstić information content (AvgIpc) is 2.98. The Morgan fingerprint density at radius 2 is 1.66 bits per heavy atom. The Labute approximate surface area is 241 Å². The molecule has 2 aliphatic rings. The van der Waals surface area contributed by atoms with Crippen molar-refractivity contribution in [3.8, 4) is 28.7 Å². The van der Waals surface area contributed by atoms with E-state index in [4.69, 9.17) is 23.7 Å². The van der Waals surface area contributed by atoms with Gasteiger partial charge in [-0.25, -0.2) is 0 Å². The average molecular weight is 565 g/mol. The van der Waals surface area contributed by atoms with E-state index in [-0.39, 0.29) is 18.5 Å². The second kappa shape index (κ2) is 12.6. The Bertz CT molecular complexity index is 1360. The van der Waals surface area contributed by atoms with E-state index in [0.717, 1.165) is 29.5 Å². The van der Waals surface area contributed by atoms with Gasteiger partial charge in [0.25, 0.3) is 0 Å². The number of aliphatic hydroxyl groups is 2. The fraction of sp³-hybridized carbons (Fsp3) is 0.455. The monoisotopic (exact) mass is 564 g/mol. The zero-order valence-electron chi connectivity index (χ0n) is 24.1. The minimum atomic E-state index is -0.927. The molecule has 2 aliphatic heterocycles. The van der Waals surface area contributed by atoms with Crippen LogP contribution in [-0.4, -0.2) is 56.0 Å². The number of hydrogen-bond acceptors (Lipinski definition) is 8. The van der Waals surface area contributed by atoms with Crippen molar-refractivity contribution in [2.45, 2.75) is 50.9 Å². The fourth-order valence-corrected chi connectivity index (χ4v) is 6.22. The van der Waals surface area contributed by atoms with Crippen LogP contribution in [0.5, 0.6) is 28.7 Å². The largest absolute Gasteiger partial charge is 0.508 e. The van der Waals surface area contributed by atoms with Gasteiger partial charge in [-0.05, 0) is 66.8 Å². The standard InChI is InChI=1S/C33H40O8/c1-5-20-9-8-19(14-27(20)34)13-21-15-23(39-4)17-25-31(35)26(18-40-33(21)25)30-29(7-6-12-37-2)41-28-11-10-22(38-3)16-24(28)32(30)36/h8-11,14-17,26,29-32,34-36H,5-7,12-13,18H2,1-4H3/t26-,29-,30-,31-,32+/m1/s1. The molecule has 0 fully saturated rings. The van der Waals surface area contributed by atoms with Crippen LogP contribution in [0.4, 0.5) is 0 Å². The van der Waals surface area contributed by atoms with E-state index in [9.17, 15) is 15.3 Å². The number of rotatable bonds is 10. The first kappa shape index (κ1) is 29.0. The van der Waals surface area contributed by atoms with Crippen LogP contribution in [0, 0.1) is 11.8 Å². The summed E-state index contributed by atoms with van der Waals surface area (Å²) in [7, 11) is 4.84.